The number of aromatic nitrogens is 3. The molecule has 1 saturated heterocycles. The summed E-state index contributed by atoms with van der Waals surface area (Å²) in [5.74, 6) is 3.65. The first-order valence-corrected chi connectivity index (χ1v) is 12.4. The van der Waals surface area contributed by atoms with Crippen LogP contribution < -0.4 is 16.2 Å². The molecule has 0 amide bonds. The molecule has 3 aromatic carbocycles. The fraction of sp³-hybridized carbons (Fsp3) is 0.276. The summed E-state index contributed by atoms with van der Waals surface area (Å²) in [7, 11) is 0. The lowest BCUT2D eigenvalue weighted by molar-refractivity contribution is 0.478. The van der Waals surface area contributed by atoms with Gasteiger partial charge in [-0.1, -0.05) is 36.4 Å². The number of rotatable bonds is 9. The molecule has 0 atom stereocenters. The molecular weight excluding hydrogens is 432 g/mol. The molecular formula is C29H30N6. The van der Waals surface area contributed by atoms with E-state index in [4.69, 9.17) is 11.4 Å². The molecule has 6 nitrogen and oxygen atoms in total. The lowest BCUT2D eigenvalue weighted by Gasteiger charge is -2.14. The third-order valence-corrected chi connectivity index (χ3v) is 7.20. The molecule has 6 heteroatoms. The van der Waals surface area contributed by atoms with E-state index in [1.54, 1.807) is 0 Å². The van der Waals surface area contributed by atoms with E-state index in [0.29, 0.717) is 6.54 Å². The van der Waals surface area contributed by atoms with Crippen LogP contribution in [0.5, 0.6) is 0 Å². The number of terminal acetylenes is 1. The lowest BCUT2D eigenvalue weighted by Crippen LogP contribution is -2.21. The molecule has 0 unspecified atom stereocenters. The molecule has 0 radical (unpaired) electrons. The van der Waals surface area contributed by atoms with E-state index in [1.807, 2.05) is 6.07 Å². The Bertz CT molecular complexity index is 1560. The minimum atomic E-state index is -0.0620. The molecule has 3 heterocycles. The van der Waals surface area contributed by atoms with E-state index in [1.165, 1.54) is 27.4 Å². The Hall–Kier alpha value is -3.79. The van der Waals surface area contributed by atoms with Crippen LogP contribution in [-0.2, 0) is 19.6 Å². The molecule has 1 aliphatic heterocycles. The van der Waals surface area contributed by atoms with E-state index < -0.39 is 0 Å². The zero-order valence-corrected chi connectivity index (χ0v) is 20.0. The second-order valence-electron chi connectivity index (χ2n) is 9.33. The number of benzene rings is 3. The van der Waals surface area contributed by atoms with Gasteiger partial charge >= 0.3 is 0 Å². The van der Waals surface area contributed by atoms with E-state index in [2.05, 4.69) is 98.8 Å². The maximum atomic E-state index is 5.49. The van der Waals surface area contributed by atoms with Crippen molar-refractivity contribution in [2.45, 2.75) is 51.5 Å². The molecule has 5 aromatic rings. The second kappa shape index (κ2) is 8.77. The van der Waals surface area contributed by atoms with Crippen LogP contribution in [0, 0.1) is 12.3 Å². The summed E-state index contributed by atoms with van der Waals surface area (Å²) in [5, 5.41) is 6.23. The van der Waals surface area contributed by atoms with Gasteiger partial charge in [0.05, 0.1) is 16.7 Å². The molecule has 2 aromatic heterocycles. The van der Waals surface area contributed by atoms with Gasteiger partial charge in [-0.25, -0.2) is 15.8 Å². The van der Waals surface area contributed by atoms with Crippen LogP contribution in [0.2, 0.25) is 0 Å². The van der Waals surface area contributed by atoms with Crippen molar-refractivity contribution >= 4 is 38.8 Å². The number of imidazole rings is 1. The summed E-state index contributed by atoms with van der Waals surface area (Å²) < 4.78 is 4.67. The average molecular weight is 463 g/mol. The summed E-state index contributed by atoms with van der Waals surface area (Å²) in [6.45, 7) is 4.72. The summed E-state index contributed by atoms with van der Waals surface area (Å²) in [5.41, 5.74) is 12.5. The Kier molecular flexibility index (Phi) is 5.44. The molecule has 35 heavy (non-hydrogen) atoms. The van der Waals surface area contributed by atoms with Crippen molar-refractivity contribution in [3.63, 3.8) is 0 Å². The zero-order chi connectivity index (χ0) is 23.8. The van der Waals surface area contributed by atoms with Crippen LogP contribution >= 0.6 is 0 Å². The molecule has 6 rings (SSSR count). The highest BCUT2D eigenvalue weighted by Crippen LogP contribution is 2.30. The highest BCUT2D eigenvalue weighted by molar-refractivity contribution is 6.08. The smallest absolute Gasteiger partial charge is 0.204 e. The van der Waals surface area contributed by atoms with Crippen molar-refractivity contribution in [3.8, 4) is 12.3 Å². The molecule has 1 fully saturated rings. The van der Waals surface area contributed by atoms with Crippen molar-refractivity contribution in [2.75, 3.05) is 5.32 Å². The quantitative estimate of drug-likeness (QED) is 0.203. The van der Waals surface area contributed by atoms with Gasteiger partial charge in [0.15, 0.2) is 0 Å². The number of nitrogens with one attached hydrogen (secondary N) is 3. The highest BCUT2D eigenvalue weighted by Gasteiger charge is 2.40. The summed E-state index contributed by atoms with van der Waals surface area (Å²) in [6.07, 6.45) is 8.10. The number of hydrazine groups is 1. The van der Waals surface area contributed by atoms with Crippen LogP contribution in [0.15, 0.2) is 66.7 Å². The molecule has 3 N–H and O–H groups in total. The zero-order valence-electron chi connectivity index (χ0n) is 20.0. The molecule has 0 bridgehead atoms. The van der Waals surface area contributed by atoms with E-state index >= 15 is 0 Å². The van der Waals surface area contributed by atoms with Gasteiger partial charge in [0.1, 0.15) is 0 Å². The Morgan fingerprint density at radius 1 is 0.914 bits per heavy atom. The number of anilines is 1. The summed E-state index contributed by atoms with van der Waals surface area (Å²) >= 11 is 0. The van der Waals surface area contributed by atoms with Crippen LogP contribution in [0.25, 0.3) is 32.8 Å². The van der Waals surface area contributed by atoms with Crippen molar-refractivity contribution < 1.29 is 0 Å². The number of fused-ring (bicyclic) bond motifs is 4. The largest absolute Gasteiger partial charge is 0.352 e. The monoisotopic (exact) mass is 462 g/mol. The van der Waals surface area contributed by atoms with Gasteiger partial charge in [-0.15, -0.1) is 12.3 Å². The number of hydrogen-bond donors (Lipinski definition) is 3. The topological polar surface area (TPSA) is 78.7 Å². The molecule has 176 valence electrons. The van der Waals surface area contributed by atoms with Crippen molar-refractivity contribution in [1.29, 1.82) is 0 Å². The normalized spacial score (nSPS) is 14.5. The number of hydrogen-bond acceptors (Lipinski definition) is 4. The molecule has 1 aliphatic rings. The lowest BCUT2D eigenvalue weighted by atomic mass is 10.1. The molecule has 0 aliphatic carbocycles. The third-order valence-electron chi connectivity index (χ3n) is 7.20. The average Bonchev–Trinajstić information content (AvgIpc) is 3.47. The summed E-state index contributed by atoms with van der Waals surface area (Å²) in [4.78, 5) is 4.92. The fourth-order valence-corrected chi connectivity index (χ4v) is 5.22. The molecule has 0 spiro atoms. The van der Waals surface area contributed by atoms with Gasteiger partial charge in [-0.2, -0.15) is 0 Å². The number of nitrogens with zero attached hydrogens (tertiary/aromatic N) is 3. The van der Waals surface area contributed by atoms with Gasteiger partial charge in [0.25, 0.3) is 0 Å². The van der Waals surface area contributed by atoms with E-state index in [0.717, 1.165) is 49.3 Å². The van der Waals surface area contributed by atoms with E-state index in [9.17, 15) is 0 Å². The van der Waals surface area contributed by atoms with Crippen LogP contribution in [0.1, 0.15) is 31.7 Å². The predicted molar refractivity (Wildman–Crippen MR) is 144 cm³/mol. The highest BCUT2D eigenvalue weighted by atomic mass is 15.7. The van der Waals surface area contributed by atoms with Crippen LogP contribution in [-0.4, -0.2) is 19.8 Å². The Balaban J connectivity index is 1.28. The maximum Gasteiger partial charge on any atom is 0.204 e. The predicted octanol–water partition coefficient (Wildman–Crippen LogP) is 5.38. The van der Waals surface area contributed by atoms with E-state index in [-0.39, 0.29) is 5.66 Å². The van der Waals surface area contributed by atoms with Gasteiger partial charge in [-0.3, -0.25) is 0 Å². The minimum Gasteiger partial charge on any atom is -0.352 e. The van der Waals surface area contributed by atoms with Crippen LogP contribution in [0.3, 0.4) is 0 Å². The van der Waals surface area contributed by atoms with Crippen LogP contribution in [0.4, 0.5) is 5.95 Å². The second-order valence-corrected chi connectivity index (χ2v) is 9.33. The third kappa shape index (κ3) is 3.93. The first-order chi connectivity index (χ1) is 17.2. The number of aryl methyl sites for hydroxylation is 2. The SMILES string of the molecule is C#CCCC1(CCn2c(NCc3ccc4c(c3)c3ccccc3n4CC)nc3ccccc32)NN1. The standard InChI is InChI=1S/C29H30N6/c1-3-5-16-29(32-33-29)17-18-35-27-13-9-7-11-24(27)31-28(35)30-20-21-14-15-26-23(19-21)22-10-6-8-12-25(22)34(26)4-2/h1,6-15,19,32-33H,4-5,16-18,20H2,2H3,(H,30,31). The van der Waals surface area contributed by atoms with Gasteiger partial charge < -0.3 is 14.5 Å². The molecule has 0 saturated carbocycles. The Morgan fingerprint density at radius 3 is 2.49 bits per heavy atom. The van der Waals surface area contributed by atoms with Crippen molar-refractivity contribution in [1.82, 2.24) is 25.0 Å². The van der Waals surface area contributed by atoms with Gasteiger partial charge in [0.2, 0.25) is 5.95 Å². The minimum absolute atomic E-state index is 0.0620. The van der Waals surface area contributed by atoms with Crippen molar-refractivity contribution in [3.05, 3.63) is 72.3 Å². The van der Waals surface area contributed by atoms with Crippen molar-refractivity contribution in [2.24, 2.45) is 0 Å². The Morgan fingerprint density at radius 2 is 1.69 bits per heavy atom. The maximum absolute atomic E-state index is 5.49. The number of para-hydroxylation sites is 3. The first-order valence-electron chi connectivity index (χ1n) is 12.4. The fourth-order valence-electron chi connectivity index (χ4n) is 5.22. The Labute approximate surface area is 205 Å². The first kappa shape index (κ1) is 21.7. The van der Waals surface area contributed by atoms with Gasteiger partial charge in [-0.05, 0) is 55.7 Å². The van der Waals surface area contributed by atoms with Gasteiger partial charge in [0, 0.05) is 47.9 Å². The summed E-state index contributed by atoms with van der Waals surface area (Å²) in [6, 6.07) is 23.8.